The first kappa shape index (κ1) is 14.5. The van der Waals surface area contributed by atoms with Crippen LogP contribution in [0.25, 0.3) is 0 Å². The molecule has 0 fully saturated rings. The average molecular weight is 271 g/mol. The van der Waals surface area contributed by atoms with Crippen LogP contribution in [-0.4, -0.2) is 24.5 Å². The van der Waals surface area contributed by atoms with Gasteiger partial charge in [0, 0.05) is 0 Å². The SMILES string of the molecule is CCOC(=O)C(N)C(=O)Nc1ccc(C)cc1Cl. The van der Waals surface area contributed by atoms with E-state index in [0.29, 0.717) is 10.7 Å². The predicted molar refractivity (Wildman–Crippen MR) is 69.4 cm³/mol. The lowest BCUT2D eigenvalue weighted by Crippen LogP contribution is -2.43. The van der Waals surface area contributed by atoms with Crippen LogP contribution in [0.15, 0.2) is 18.2 Å². The molecule has 98 valence electrons. The molecule has 18 heavy (non-hydrogen) atoms. The number of ether oxygens (including phenoxy) is 1. The Bertz CT molecular complexity index is 463. The molecule has 1 aromatic carbocycles. The van der Waals surface area contributed by atoms with E-state index in [1.165, 1.54) is 0 Å². The molecule has 0 aliphatic heterocycles. The van der Waals surface area contributed by atoms with Gasteiger partial charge in [-0.3, -0.25) is 4.79 Å². The molecule has 0 spiro atoms. The Balaban J connectivity index is 2.72. The molecular weight excluding hydrogens is 256 g/mol. The topological polar surface area (TPSA) is 81.4 Å². The predicted octanol–water partition coefficient (Wildman–Crippen LogP) is 1.48. The second-order valence-corrected chi connectivity index (χ2v) is 4.11. The van der Waals surface area contributed by atoms with Crippen LogP contribution >= 0.6 is 11.6 Å². The van der Waals surface area contributed by atoms with Crippen LogP contribution in [0.1, 0.15) is 12.5 Å². The fourth-order valence-corrected chi connectivity index (χ4v) is 1.55. The number of aryl methyl sites for hydroxylation is 1. The van der Waals surface area contributed by atoms with Gasteiger partial charge < -0.3 is 15.8 Å². The van der Waals surface area contributed by atoms with Crippen molar-refractivity contribution in [1.82, 2.24) is 0 Å². The fourth-order valence-electron chi connectivity index (χ4n) is 1.27. The maximum Gasteiger partial charge on any atom is 0.332 e. The third-order valence-corrected chi connectivity index (χ3v) is 2.52. The number of halogens is 1. The van der Waals surface area contributed by atoms with Gasteiger partial charge in [0.05, 0.1) is 17.3 Å². The number of benzene rings is 1. The van der Waals surface area contributed by atoms with Crippen LogP contribution in [-0.2, 0) is 14.3 Å². The lowest BCUT2D eigenvalue weighted by Gasteiger charge is -2.12. The first-order valence-corrected chi connectivity index (χ1v) is 5.82. The van der Waals surface area contributed by atoms with Gasteiger partial charge >= 0.3 is 5.97 Å². The minimum Gasteiger partial charge on any atom is -0.464 e. The molecule has 1 aromatic rings. The molecule has 5 nitrogen and oxygen atoms in total. The van der Waals surface area contributed by atoms with Crippen molar-refractivity contribution in [3.63, 3.8) is 0 Å². The summed E-state index contributed by atoms with van der Waals surface area (Å²) >= 11 is 5.95. The normalized spacial score (nSPS) is 11.8. The van der Waals surface area contributed by atoms with Crippen molar-refractivity contribution >= 4 is 29.2 Å². The van der Waals surface area contributed by atoms with Crippen molar-refractivity contribution in [2.24, 2.45) is 5.73 Å². The average Bonchev–Trinajstić information content (AvgIpc) is 2.32. The Morgan fingerprint density at radius 1 is 1.50 bits per heavy atom. The number of anilines is 1. The summed E-state index contributed by atoms with van der Waals surface area (Å²) in [5.74, 6) is -1.42. The Morgan fingerprint density at radius 3 is 2.72 bits per heavy atom. The van der Waals surface area contributed by atoms with Crippen molar-refractivity contribution in [3.8, 4) is 0 Å². The van der Waals surface area contributed by atoms with E-state index in [1.807, 2.05) is 6.92 Å². The summed E-state index contributed by atoms with van der Waals surface area (Å²) in [6.45, 7) is 3.69. The van der Waals surface area contributed by atoms with Crippen LogP contribution in [0, 0.1) is 6.92 Å². The van der Waals surface area contributed by atoms with Gasteiger partial charge in [0.2, 0.25) is 0 Å². The highest BCUT2D eigenvalue weighted by Crippen LogP contribution is 2.22. The summed E-state index contributed by atoms with van der Waals surface area (Å²) < 4.78 is 4.65. The van der Waals surface area contributed by atoms with Gasteiger partial charge in [-0.2, -0.15) is 0 Å². The molecule has 0 aromatic heterocycles. The number of carbonyl (C=O) groups excluding carboxylic acids is 2. The third-order valence-electron chi connectivity index (χ3n) is 2.21. The third kappa shape index (κ3) is 3.72. The minimum absolute atomic E-state index is 0.172. The molecule has 0 radical (unpaired) electrons. The second kappa shape index (κ2) is 6.37. The molecular formula is C12H15ClN2O3. The van der Waals surface area contributed by atoms with Gasteiger partial charge in [0.1, 0.15) is 0 Å². The molecule has 3 N–H and O–H groups in total. The molecule has 6 heteroatoms. The number of nitrogens with one attached hydrogen (secondary N) is 1. The summed E-state index contributed by atoms with van der Waals surface area (Å²) in [5.41, 5.74) is 6.82. The molecule has 1 atom stereocenters. The minimum atomic E-state index is -1.36. The van der Waals surface area contributed by atoms with E-state index >= 15 is 0 Å². The van der Waals surface area contributed by atoms with Crippen LogP contribution in [0.3, 0.4) is 0 Å². The molecule has 0 aliphatic carbocycles. The highest BCUT2D eigenvalue weighted by molar-refractivity contribution is 6.34. The van der Waals surface area contributed by atoms with E-state index in [2.05, 4.69) is 10.1 Å². The van der Waals surface area contributed by atoms with Gasteiger partial charge in [-0.05, 0) is 31.5 Å². The molecule has 0 aliphatic rings. The zero-order valence-corrected chi connectivity index (χ0v) is 11.0. The summed E-state index contributed by atoms with van der Waals surface area (Å²) in [6.07, 6.45) is 0. The van der Waals surface area contributed by atoms with Crippen molar-refractivity contribution in [1.29, 1.82) is 0 Å². The van der Waals surface area contributed by atoms with E-state index in [0.717, 1.165) is 5.56 Å². The number of rotatable bonds is 4. The van der Waals surface area contributed by atoms with Crippen LogP contribution in [0.5, 0.6) is 0 Å². The van der Waals surface area contributed by atoms with Gasteiger partial charge in [0.15, 0.2) is 6.04 Å². The number of esters is 1. The largest absolute Gasteiger partial charge is 0.464 e. The van der Waals surface area contributed by atoms with Crippen molar-refractivity contribution in [3.05, 3.63) is 28.8 Å². The quantitative estimate of drug-likeness (QED) is 0.641. The number of carbonyl (C=O) groups is 2. The first-order valence-electron chi connectivity index (χ1n) is 5.45. The number of hydrogen-bond acceptors (Lipinski definition) is 4. The van der Waals surface area contributed by atoms with Crippen LogP contribution in [0.2, 0.25) is 5.02 Å². The van der Waals surface area contributed by atoms with Gasteiger partial charge in [-0.1, -0.05) is 17.7 Å². The summed E-state index contributed by atoms with van der Waals surface area (Å²) in [5, 5.41) is 2.87. The second-order valence-electron chi connectivity index (χ2n) is 3.70. The van der Waals surface area contributed by atoms with E-state index in [9.17, 15) is 9.59 Å². The van der Waals surface area contributed by atoms with E-state index < -0.39 is 17.9 Å². The van der Waals surface area contributed by atoms with Gasteiger partial charge in [0.25, 0.3) is 5.91 Å². The molecule has 1 rings (SSSR count). The number of amides is 1. The highest BCUT2D eigenvalue weighted by atomic mass is 35.5. The molecule has 0 saturated carbocycles. The standard InChI is InChI=1S/C12H15ClN2O3/c1-3-18-12(17)10(14)11(16)15-9-5-4-7(2)6-8(9)13/h4-6,10H,3,14H2,1-2H3,(H,15,16). The number of nitrogens with two attached hydrogens (primary N) is 1. The van der Waals surface area contributed by atoms with Crippen molar-refractivity contribution < 1.29 is 14.3 Å². The van der Waals surface area contributed by atoms with Gasteiger partial charge in [-0.15, -0.1) is 0 Å². The lowest BCUT2D eigenvalue weighted by atomic mass is 10.2. The van der Waals surface area contributed by atoms with E-state index in [-0.39, 0.29) is 6.61 Å². The smallest absolute Gasteiger partial charge is 0.332 e. The van der Waals surface area contributed by atoms with E-state index in [1.54, 1.807) is 25.1 Å². The van der Waals surface area contributed by atoms with Gasteiger partial charge in [-0.25, -0.2) is 4.79 Å². The van der Waals surface area contributed by atoms with Crippen molar-refractivity contribution in [2.75, 3.05) is 11.9 Å². The Morgan fingerprint density at radius 2 is 2.17 bits per heavy atom. The van der Waals surface area contributed by atoms with E-state index in [4.69, 9.17) is 17.3 Å². The molecule has 0 saturated heterocycles. The highest BCUT2D eigenvalue weighted by Gasteiger charge is 2.23. The Kier molecular flexibility index (Phi) is 5.12. The maximum absolute atomic E-state index is 11.7. The molecule has 0 heterocycles. The molecule has 1 amide bonds. The van der Waals surface area contributed by atoms with Crippen LogP contribution in [0.4, 0.5) is 5.69 Å². The Labute approximate surface area is 110 Å². The zero-order chi connectivity index (χ0) is 13.7. The molecule has 0 bridgehead atoms. The summed E-state index contributed by atoms with van der Waals surface area (Å²) in [4.78, 5) is 22.9. The first-order chi connectivity index (χ1) is 8.45. The van der Waals surface area contributed by atoms with Crippen molar-refractivity contribution in [2.45, 2.75) is 19.9 Å². The number of hydrogen-bond donors (Lipinski definition) is 2. The zero-order valence-electron chi connectivity index (χ0n) is 10.2. The lowest BCUT2D eigenvalue weighted by molar-refractivity contribution is -0.146. The molecule has 1 unspecified atom stereocenters. The fraction of sp³-hybridized carbons (Fsp3) is 0.333. The van der Waals surface area contributed by atoms with Crippen LogP contribution < -0.4 is 11.1 Å². The monoisotopic (exact) mass is 270 g/mol. The Hall–Kier alpha value is -1.59. The maximum atomic E-state index is 11.7. The summed E-state index contributed by atoms with van der Waals surface area (Å²) in [7, 11) is 0. The summed E-state index contributed by atoms with van der Waals surface area (Å²) in [6, 6.07) is 3.78.